The van der Waals surface area contributed by atoms with Gasteiger partial charge in [0, 0.05) is 25.4 Å². The maximum Gasteiger partial charge on any atom is 0.243 e. The lowest BCUT2D eigenvalue weighted by atomic mass is 9.86. The third kappa shape index (κ3) is 8.31. The summed E-state index contributed by atoms with van der Waals surface area (Å²) in [6.07, 6.45) is 2.29. The Hall–Kier alpha value is -3.40. The molecule has 202 valence electrons. The number of carbonyl (C=O) groups excluding carboxylic acids is 2. The van der Waals surface area contributed by atoms with Crippen molar-refractivity contribution in [2.45, 2.75) is 91.3 Å². The Morgan fingerprint density at radius 1 is 0.868 bits per heavy atom. The number of rotatable bonds is 11. The van der Waals surface area contributed by atoms with Gasteiger partial charge in [0.05, 0.1) is 0 Å². The van der Waals surface area contributed by atoms with Gasteiger partial charge in [0.1, 0.15) is 6.04 Å². The van der Waals surface area contributed by atoms with E-state index in [2.05, 4.69) is 70.3 Å². The molecule has 2 atom stereocenters. The van der Waals surface area contributed by atoms with E-state index in [1.54, 1.807) is 4.90 Å². The van der Waals surface area contributed by atoms with Crippen molar-refractivity contribution < 1.29 is 9.59 Å². The SMILES string of the molecule is CC[C@@H](C)NC(=O)[C@@H](Cc1ccccc1)N(Cc1ccccc1C)C(=O)CCc1ccc(C(C)(C)C)cc1. The van der Waals surface area contributed by atoms with Gasteiger partial charge in [0.15, 0.2) is 0 Å². The van der Waals surface area contributed by atoms with E-state index in [0.29, 0.717) is 25.8 Å². The van der Waals surface area contributed by atoms with Gasteiger partial charge in [-0.2, -0.15) is 0 Å². The van der Waals surface area contributed by atoms with E-state index in [4.69, 9.17) is 0 Å². The Labute approximate surface area is 229 Å². The predicted molar refractivity (Wildman–Crippen MR) is 157 cm³/mol. The van der Waals surface area contributed by atoms with E-state index in [-0.39, 0.29) is 23.3 Å². The summed E-state index contributed by atoms with van der Waals surface area (Å²) in [6, 6.07) is 26.1. The van der Waals surface area contributed by atoms with E-state index in [9.17, 15) is 9.59 Å². The summed E-state index contributed by atoms with van der Waals surface area (Å²) >= 11 is 0. The fourth-order valence-corrected chi connectivity index (χ4v) is 4.53. The smallest absolute Gasteiger partial charge is 0.243 e. The molecule has 0 aromatic heterocycles. The molecule has 0 unspecified atom stereocenters. The molecule has 3 aromatic carbocycles. The van der Waals surface area contributed by atoms with Crippen molar-refractivity contribution in [3.8, 4) is 0 Å². The monoisotopic (exact) mass is 512 g/mol. The molecule has 3 rings (SSSR count). The highest BCUT2D eigenvalue weighted by atomic mass is 16.2. The third-order valence-corrected chi connectivity index (χ3v) is 7.32. The second-order valence-electron chi connectivity index (χ2n) is 11.4. The van der Waals surface area contributed by atoms with Gasteiger partial charge in [-0.05, 0) is 59.9 Å². The molecule has 0 fully saturated rings. The zero-order chi connectivity index (χ0) is 27.7. The number of amides is 2. The summed E-state index contributed by atoms with van der Waals surface area (Å²) in [7, 11) is 0. The van der Waals surface area contributed by atoms with Gasteiger partial charge < -0.3 is 10.2 Å². The van der Waals surface area contributed by atoms with Gasteiger partial charge in [-0.25, -0.2) is 0 Å². The Bertz CT molecular complexity index is 1180. The lowest BCUT2D eigenvalue weighted by molar-refractivity contribution is -0.141. The van der Waals surface area contributed by atoms with Gasteiger partial charge >= 0.3 is 0 Å². The van der Waals surface area contributed by atoms with Crippen molar-refractivity contribution in [1.82, 2.24) is 10.2 Å². The van der Waals surface area contributed by atoms with Crippen LogP contribution in [0.4, 0.5) is 0 Å². The Morgan fingerprint density at radius 2 is 1.50 bits per heavy atom. The maximum absolute atomic E-state index is 13.9. The second-order valence-corrected chi connectivity index (χ2v) is 11.4. The van der Waals surface area contributed by atoms with Crippen molar-refractivity contribution >= 4 is 11.8 Å². The molecule has 1 N–H and O–H groups in total. The molecule has 0 saturated carbocycles. The summed E-state index contributed by atoms with van der Waals surface area (Å²) in [5.74, 6) is -0.104. The second kappa shape index (κ2) is 13.4. The van der Waals surface area contributed by atoms with Gasteiger partial charge in [-0.1, -0.05) is 107 Å². The lowest BCUT2D eigenvalue weighted by Crippen LogP contribution is -2.52. The Kier molecular flexibility index (Phi) is 10.3. The van der Waals surface area contributed by atoms with Crippen molar-refractivity contribution in [3.05, 3.63) is 107 Å². The number of benzene rings is 3. The summed E-state index contributed by atoms with van der Waals surface area (Å²) in [6.45, 7) is 13.1. The molecule has 0 aliphatic carbocycles. The van der Waals surface area contributed by atoms with Gasteiger partial charge in [-0.15, -0.1) is 0 Å². The molecule has 0 radical (unpaired) electrons. The molecule has 0 aliphatic rings. The van der Waals surface area contributed by atoms with E-state index in [1.807, 2.05) is 55.5 Å². The van der Waals surface area contributed by atoms with Crippen molar-refractivity contribution in [3.63, 3.8) is 0 Å². The molecular formula is C34H44N2O2. The molecule has 38 heavy (non-hydrogen) atoms. The minimum atomic E-state index is -0.596. The van der Waals surface area contributed by atoms with Crippen molar-refractivity contribution in [2.75, 3.05) is 0 Å². The zero-order valence-electron chi connectivity index (χ0n) is 24.0. The van der Waals surface area contributed by atoms with Crippen LogP contribution in [-0.2, 0) is 34.4 Å². The first kappa shape index (κ1) is 29.2. The standard InChI is InChI=1S/C34H44N2O2/c1-7-26(3)35-33(38)31(23-28-14-9-8-10-15-28)36(24-29-16-12-11-13-25(29)2)32(37)22-19-27-17-20-30(21-18-27)34(4,5)6/h8-18,20-21,26,31H,7,19,22-24H2,1-6H3,(H,35,38)/t26-,31-/m1/s1. The number of hydrogen-bond donors (Lipinski definition) is 1. The van der Waals surface area contributed by atoms with E-state index >= 15 is 0 Å². The molecule has 0 aliphatic heterocycles. The van der Waals surface area contributed by atoms with Gasteiger partial charge in [0.2, 0.25) is 11.8 Å². The van der Waals surface area contributed by atoms with Crippen LogP contribution in [0.25, 0.3) is 0 Å². The average molecular weight is 513 g/mol. The first-order valence-electron chi connectivity index (χ1n) is 13.9. The highest BCUT2D eigenvalue weighted by Gasteiger charge is 2.31. The van der Waals surface area contributed by atoms with Crippen LogP contribution in [0.5, 0.6) is 0 Å². The largest absolute Gasteiger partial charge is 0.352 e. The first-order valence-corrected chi connectivity index (χ1v) is 13.9. The molecule has 4 heteroatoms. The molecule has 0 saturated heterocycles. The van der Waals surface area contributed by atoms with Crippen LogP contribution in [0, 0.1) is 6.92 Å². The molecule has 0 heterocycles. The Morgan fingerprint density at radius 3 is 2.11 bits per heavy atom. The number of hydrogen-bond acceptors (Lipinski definition) is 2. The van der Waals surface area contributed by atoms with E-state index in [0.717, 1.165) is 28.7 Å². The third-order valence-electron chi connectivity index (χ3n) is 7.32. The van der Waals surface area contributed by atoms with Crippen LogP contribution in [-0.4, -0.2) is 28.8 Å². The van der Waals surface area contributed by atoms with E-state index < -0.39 is 6.04 Å². The van der Waals surface area contributed by atoms with Crippen LogP contribution in [0.3, 0.4) is 0 Å². The topological polar surface area (TPSA) is 49.4 Å². The van der Waals surface area contributed by atoms with Gasteiger partial charge in [-0.3, -0.25) is 9.59 Å². The summed E-state index contributed by atoms with van der Waals surface area (Å²) in [5.41, 5.74) is 5.71. The Balaban J connectivity index is 1.90. The van der Waals surface area contributed by atoms with Crippen LogP contribution in [0.2, 0.25) is 0 Å². The molecule has 4 nitrogen and oxygen atoms in total. The molecule has 2 amide bonds. The average Bonchev–Trinajstić information content (AvgIpc) is 2.90. The lowest BCUT2D eigenvalue weighted by Gasteiger charge is -2.33. The fourth-order valence-electron chi connectivity index (χ4n) is 4.53. The minimum Gasteiger partial charge on any atom is -0.352 e. The molecular weight excluding hydrogens is 468 g/mol. The summed E-state index contributed by atoms with van der Waals surface area (Å²) in [4.78, 5) is 29.3. The predicted octanol–water partition coefficient (Wildman–Crippen LogP) is 6.78. The molecule has 3 aromatic rings. The molecule has 0 spiro atoms. The molecule has 0 bridgehead atoms. The van der Waals surface area contributed by atoms with Crippen molar-refractivity contribution in [2.24, 2.45) is 0 Å². The summed E-state index contributed by atoms with van der Waals surface area (Å²) in [5, 5.41) is 3.15. The highest BCUT2D eigenvalue weighted by molar-refractivity contribution is 5.88. The maximum atomic E-state index is 13.9. The normalized spacial score (nSPS) is 13.0. The van der Waals surface area contributed by atoms with Crippen LogP contribution in [0.1, 0.15) is 75.3 Å². The minimum absolute atomic E-state index is 0.00613. The van der Waals surface area contributed by atoms with Gasteiger partial charge in [0.25, 0.3) is 0 Å². The fraction of sp³-hybridized carbons (Fsp3) is 0.412. The van der Waals surface area contributed by atoms with Crippen LogP contribution >= 0.6 is 0 Å². The van der Waals surface area contributed by atoms with Crippen LogP contribution in [0.15, 0.2) is 78.9 Å². The zero-order valence-corrected chi connectivity index (χ0v) is 24.0. The quantitative estimate of drug-likeness (QED) is 0.308. The number of carbonyl (C=O) groups is 2. The summed E-state index contributed by atoms with van der Waals surface area (Å²) < 4.78 is 0. The van der Waals surface area contributed by atoms with E-state index in [1.165, 1.54) is 5.56 Å². The highest BCUT2D eigenvalue weighted by Crippen LogP contribution is 2.23. The van der Waals surface area contributed by atoms with Crippen molar-refractivity contribution in [1.29, 1.82) is 0 Å². The number of nitrogens with one attached hydrogen (secondary N) is 1. The number of nitrogens with zero attached hydrogens (tertiary/aromatic N) is 1. The van der Waals surface area contributed by atoms with Crippen LogP contribution < -0.4 is 5.32 Å². The number of aryl methyl sites for hydroxylation is 2. The first-order chi connectivity index (χ1) is 18.1.